The summed E-state index contributed by atoms with van der Waals surface area (Å²) in [4.78, 5) is 25.3. The lowest BCUT2D eigenvalue weighted by molar-refractivity contribution is -0.132. The topological polar surface area (TPSA) is 49.4 Å². The van der Waals surface area contributed by atoms with Crippen molar-refractivity contribution in [2.24, 2.45) is 0 Å². The maximum absolute atomic E-state index is 12.1. The van der Waals surface area contributed by atoms with E-state index in [1.165, 1.54) is 11.1 Å². The highest BCUT2D eigenvalue weighted by Gasteiger charge is 2.25. The van der Waals surface area contributed by atoms with Gasteiger partial charge in [0, 0.05) is 0 Å². The van der Waals surface area contributed by atoms with Gasteiger partial charge in [-0.15, -0.1) is 11.8 Å². The van der Waals surface area contributed by atoms with Gasteiger partial charge in [-0.05, 0) is 30.4 Å². The Balaban J connectivity index is 1.63. The number of carbonyl (C=O) groups excluding carboxylic acids is 2. The lowest BCUT2D eigenvalue weighted by Gasteiger charge is -2.27. The molecule has 1 heterocycles. The van der Waals surface area contributed by atoms with E-state index in [0.29, 0.717) is 11.6 Å². The van der Waals surface area contributed by atoms with Gasteiger partial charge in [0.25, 0.3) is 0 Å². The third-order valence-electron chi connectivity index (χ3n) is 3.86. The van der Waals surface area contributed by atoms with E-state index in [2.05, 4.69) is 17.4 Å². The number of thioether (sulfide) groups is 1. The fourth-order valence-electron chi connectivity index (χ4n) is 2.86. The molecule has 3 rings (SSSR count). The van der Waals surface area contributed by atoms with Gasteiger partial charge >= 0.3 is 0 Å². The first-order valence-electron chi connectivity index (χ1n) is 6.97. The van der Waals surface area contributed by atoms with Crippen LogP contribution in [-0.2, 0) is 16.0 Å². The van der Waals surface area contributed by atoms with Crippen LogP contribution in [-0.4, -0.2) is 34.9 Å². The van der Waals surface area contributed by atoms with Crippen LogP contribution in [0.1, 0.15) is 30.0 Å². The zero-order chi connectivity index (χ0) is 13.9. The number of nitrogens with one attached hydrogen (secondary N) is 1. The fourth-order valence-corrected chi connectivity index (χ4v) is 3.76. The molecule has 1 fully saturated rings. The van der Waals surface area contributed by atoms with Crippen LogP contribution in [0.4, 0.5) is 0 Å². The minimum atomic E-state index is -0.0532. The zero-order valence-corrected chi connectivity index (χ0v) is 12.1. The Labute approximate surface area is 122 Å². The Morgan fingerprint density at radius 3 is 3.05 bits per heavy atom. The molecule has 2 aliphatic rings. The van der Waals surface area contributed by atoms with Crippen LogP contribution in [0.3, 0.4) is 0 Å². The lowest BCUT2D eigenvalue weighted by Crippen LogP contribution is -2.40. The smallest absolute Gasteiger partial charge is 0.240 e. The van der Waals surface area contributed by atoms with Crippen LogP contribution in [0.2, 0.25) is 0 Å². The molecule has 20 heavy (non-hydrogen) atoms. The summed E-state index contributed by atoms with van der Waals surface area (Å²) in [5, 5.41) is 3.08. The standard InChI is InChI=1S/C15H18N2O2S/c18-14(8-17-10-20-9-15(17)19)16-13-7-3-5-11-4-1-2-6-12(11)13/h1-2,4,6,13H,3,5,7-10H2,(H,16,18)/t13-/m0/s1. The van der Waals surface area contributed by atoms with Crippen molar-refractivity contribution in [3.8, 4) is 0 Å². The second-order valence-corrected chi connectivity index (χ2v) is 6.24. The molecule has 1 aliphatic carbocycles. The second kappa shape index (κ2) is 5.87. The Bertz CT molecular complexity index is 532. The van der Waals surface area contributed by atoms with Crippen molar-refractivity contribution in [1.29, 1.82) is 0 Å². The summed E-state index contributed by atoms with van der Waals surface area (Å²) >= 11 is 1.56. The molecule has 0 saturated carbocycles. The van der Waals surface area contributed by atoms with Crippen molar-refractivity contribution in [1.82, 2.24) is 10.2 Å². The quantitative estimate of drug-likeness (QED) is 0.922. The lowest BCUT2D eigenvalue weighted by atomic mass is 9.88. The Kier molecular flexibility index (Phi) is 3.96. The summed E-state index contributed by atoms with van der Waals surface area (Å²) < 4.78 is 0. The molecule has 106 valence electrons. The second-order valence-electron chi connectivity index (χ2n) is 5.28. The molecule has 0 radical (unpaired) electrons. The van der Waals surface area contributed by atoms with E-state index in [1.54, 1.807) is 16.7 Å². The Hall–Kier alpha value is -1.49. The van der Waals surface area contributed by atoms with E-state index in [0.717, 1.165) is 19.3 Å². The molecule has 0 aromatic heterocycles. The highest BCUT2D eigenvalue weighted by atomic mass is 32.2. The highest BCUT2D eigenvalue weighted by Crippen LogP contribution is 2.29. The SMILES string of the molecule is O=C(CN1CSCC1=O)N[C@H]1CCCc2ccccc21. The number of fused-ring (bicyclic) bond motifs is 1. The molecule has 1 N–H and O–H groups in total. The normalized spacial score (nSPS) is 21.7. The third kappa shape index (κ3) is 2.82. The third-order valence-corrected chi connectivity index (χ3v) is 4.81. The summed E-state index contributed by atoms with van der Waals surface area (Å²) in [6.45, 7) is 0.185. The number of carbonyl (C=O) groups is 2. The van der Waals surface area contributed by atoms with Gasteiger partial charge in [0.15, 0.2) is 0 Å². The predicted octanol–water partition coefficient (Wildman–Crippen LogP) is 1.71. The molecule has 1 saturated heterocycles. The number of rotatable bonds is 3. The van der Waals surface area contributed by atoms with Gasteiger partial charge in [0.2, 0.25) is 11.8 Å². The predicted molar refractivity (Wildman–Crippen MR) is 79.3 cm³/mol. The van der Waals surface area contributed by atoms with E-state index >= 15 is 0 Å². The van der Waals surface area contributed by atoms with Crippen molar-refractivity contribution in [2.45, 2.75) is 25.3 Å². The minimum absolute atomic E-state index is 0.0532. The first kappa shape index (κ1) is 13.5. The van der Waals surface area contributed by atoms with Crippen LogP contribution in [0.25, 0.3) is 0 Å². The number of hydrogen-bond donors (Lipinski definition) is 1. The van der Waals surface area contributed by atoms with Crippen LogP contribution >= 0.6 is 11.8 Å². The van der Waals surface area contributed by atoms with Gasteiger partial charge in [-0.25, -0.2) is 0 Å². The molecule has 1 atom stereocenters. The van der Waals surface area contributed by atoms with E-state index in [-0.39, 0.29) is 24.4 Å². The maximum Gasteiger partial charge on any atom is 0.240 e. The van der Waals surface area contributed by atoms with Crippen molar-refractivity contribution in [2.75, 3.05) is 18.2 Å². The average molecular weight is 290 g/mol. The monoisotopic (exact) mass is 290 g/mol. The molecule has 0 spiro atoms. The summed E-state index contributed by atoms with van der Waals surface area (Å²) in [6, 6.07) is 8.38. The minimum Gasteiger partial charge on any atom is -0.348 e. The number of aryl methyl sites for hydroxylation is 1. The van der Waals surface area contributed by atoms with Crippen molar-refractivity contribution in [3.05, 3.63) is 35.4 Å². The molecular weight excluding hydrogens is 272 g/mol. The first-order valence-corrected chi connectivity index (χ1v) is 8.12. The van der Waals surface area contributed by atoms with Crippen LogP contribution in [0.15, 0.2) is 24.3 Å². The van der Waals surface area contributed by atoms with Crippen LogP contribution < -0.4 is 5.32 Å². The first-order chi connectivity index (χ1) is 9.74. The molecule has 5 heteroatoms. The maximum atomic E-state index is 12.1. The van der Waals surface area contributed by atoms with E-state index in [1.807, 2.05) is 12.1 Å². The largest absolute Gasteiger partial charge is 0.348 e. The van der Waals surface area contributed by atoms with Crippen LogP contribution in [0, 0.1) is 0 Å². The van der Waals surface area contributed by atoms with Crippen LogP contribution in [0.5, 0.6) is 0 Å². The highest BCUT2D eigenvalue weighted by molar-refractivity contribution is 8.00. The zero-order valence-electron chi connectivity index (χ0n) is 11.3. The number of benzene rings is 1. The van der Waals surface area contributed by atoms with Gasteiger partial charge in [-0.1, -0.05) is 24.3 Å². The van der Waals surface area contributed by atoms with E-state index in [4.69, 9.17) is 0 Å². The van der Waals surface area contributed by atoms with Crippen molar-refractivity contribution in [3.63, 3.8) is 0 Å². The van der Waals surface area contributed by atoms with Gasteiger partial charge in [-0.3, -0.25) is 9.59 Å². The van der Waals surface area contributed by atoms with Gasteiger partial charge < -0.3 is 10.2 Å². The Morgan fingerprint density at radius 2 is 2.25 bits per heavy atom. The van der Waals surface area contributed by atoms with E-state index < -0.39 is 0 Å². The fraction of sp³-hybridized carbons (Fsp3) is 0.467. The summed E-state index contributed by atoms with van der Waals surface area (Å²) in [6.07, 6.45) is 3.16. The number of nitrogens with zero attached hydrogens (tertiary/aromatic N) is 1. The molecular formula is C15H18N2O2S. The molecule has 1 aromatic carbocycles. The molecule has 2 amide bonds. The Morgan fingerprint density at radius 1 is 1.40 bits per heavy atom. The molecule has 1 aliphatic heterocycles. The van der Waals surface area contributed by atoms with Crippen molar-refractivity contribution >= 4 is 23.6 Å². The van der Waals surface area contributed by atoms with Gasteiger partial charge in [-0.2, -0.15) is 0 Å². The number of hydrogen-bond acceptors (Lipinski definition) is 3. The average Bonchev–Trinajstić information content (AvgIpc) is 2.85. The summed E-state index contributed by atoms with van der Waals surface area (Å²) in [5.74, 6) is 1.14. The molecule has 0 bridgehead atoms. The molecule has 4 nitrogen and oxygen atoms in total. The van der Waals surface area contributed by atoms with Crippen molar-refractivity contribution < 1.29 is 9.59 Å². The molecule has 0 unspecified atom stereocenters. The number of amides is 2. The van der Waals surface area contributed by atoms with Gasteiger partial charge in [0.1, 0.15) is 6.54 Å². The van der Waals surface area contributed by atoms with E-state index in [9.17, 15) is 9.59 Å². The molecule has 1 aromatic rings. The summed E-state index contributed by atoms with van der Waals surface area (Å²) in [7, 11) is 0. The summed E-state index contributed by atoms with van der Waals surface area (Å²) in [5.41, 5.74) is 2.56. The van der Waals surface area contributed by atoms with Gasteiger partial charge in [0.05, 0.1) is 17.7 Å².